The van der Waals surface area contributed by atoms with Crippen LogP contribution in [0.4, 0.5) is 17.2 Å². The van der Waals surface area contributed by atoms with Gasteiger partial charge in [-0.3, -0.25) is 0 Å². The minimum atomic E-state index is 0.658. The Labute approximate surface area is 124 Å². The SMILES string of the molecule is CCCn1nc(C)c(N)c1Nc1cc(OC)cc(OC)c1. The fourth-order valence-corrected chi connectivity index (χ4v) is 2.12. The Bertz CT molecular complexity index is 600. The lowest BCUT2D eigenvalue weighted by atomic mass is 10.2. The normalized spacial score (nSPS) is 10.5. The van der Waals surface area contributed by atoms with Crippen LogP contribution < -0.4 is 20.5 Å². The van der Waals surface area contributed by atoms with Gasteiger partial charge in [-0.1, -0.05) is 6.92 Å². The summed E-state index contributed by atoms with van der Waals surface area (Å²) in [5.41, 5.74) is 8.43. The van der Waals surface area contributed by atoms with Gasteiger partial charge in [0, 0.05) is 30.4 Å². The van der Waals surface area contributed by atoms with Crippen molar-refractivity contribution < 1.29 is 9.47 Å². The number of aryl methyl sites for hydroxylation is 2. The number of nitrogens with one attached hydrogen (secondary N) is 1. The summed E-state index contributed by atoms with van der Waals surface area (Å²) in [6.45, 7) is 4.81. The highest BCUT2D eigenvalue weighted by Gasteiger charge is 2.13. The van der Waals surface area contributed by atoms with Crippen LogP contribution in [0.25, 0.3) is 0 Å². The zero-order chi connectivity index (χ0) is 15.4. The van der Waals surface area contributed by atoms with Gasteiger partial charge in [0.1, 0.15) is 11.5 Å². The zero-order valence-electron chi connectivity index (χ0n) is 12.9. The number of rotatable bonds is 6. The molecule has 0 spiro atoms. The summed E-state index contributed by atoms with van der Waals surface area (Å²) < 4.78 is 12.4. The molecule has 1 aromatic carbocycles. The summed E-state index contributed by atoms with van der Waals surface area (Å²) in [5.74, 6) is 2.23. The number of ether oxygens (including phenoxy) is 2. The second kappa shape index (κ2) is 6.39. The van der Waals surface area contributed by atoms with Crippen LogP contribution in [0.15, 0.2) is 18.2 Å². The second-order valence-corrected chi connectivity index (χ2v) is 4.80. The number of nitrogens with zero attached hydrogens (tertiary/aromatic N) is 2. The molecule has 0 aliphatic rings. The van der Waals surface area contributed by atoms with Crippen molar-refractivity contribution in [3.8, 4) is 11.5 Å². The molecule has 2 aromatic rings. The van der Waals surface area contributed by atoms with Gasteiger partial charge < -0.3 is 20.5 Å². The third kappa shape index (κ3) is 3.21. The first kappa shape index (κ1) is 15.0. The fraction of sp³-hybridized carbons (Fsp3) is 0.400. The minimum absolute atomic E-state index is 0.658. The van der Waals surface area contributed by atoms with Crippen molar-refractivity contribution in [3.05, 3.63) is 23.9 Å². The van der Waals surface area contributed by atoms with E-state index in [4.69, 9.17) is 15.2 Å². The monoisotopic (exact) mass is 290 g/mol. The van der Waals surface area contributed by atoms with Crippen molar-refractivity contribution in [3.63, 3.8) is 0 Å². The van der Waals surface area contributed by atoms with E-state index in [1.807, 2.05) is 29.8 Å². The van der Waals surface area contributed by atoms with E-state index in [2.05, 4.69) is 17.3 Å². The summed E-state index contributed by atoms with van der Waals surface area (Å²) >= 11 is 0. The first-order valence-corrected chi connectivity index (χ1v) is 6.92. The summed E-state index contributed by atoms with van der Waals surface area (Å²) in [6.07, 6.45) is 0.983. The van der Waals surface area contributed by atoms with E-state index in [1.165, 1.54) is 0 Å². The molecule has 0 saturated heterocycles. The van der Waals surface area contributed by atoms with E-state index in [9.17, 15) is 0 Å². The molecule has 0 bridgehead atoms. The Hall–Kier alpha value is -2.37. The van der Waals surface area contributed by atoms with Crippen molar-refractivity contribution >= 4 is 17.2 Å². The Morgan fingerprint density at radius 1 is 1.19 bits per heavy atom. The van der Waals surface area contributed by atoms with Gasteiger partial charge in [0.2, 0.25) is 0 Å². The lowest BCUT2D eigenvalue weighted by Crippen LogP contribution is -2.06. The molecular weight excluding hydrogens is 268 g/mol. The molecule has 0 unspecified atom stereocenters. The maximum atomic E-state index is 6.11. The van der Waals surface area contributed by atoms with E-state index in [-0.39, 0.29) is 0 Å². The van der Waals surface area contributed by atoms with Gasteiger partial charge >= 0.3 is 0 Å². The predicted octanol–water partition coefficient (Wildman–Crippen LogP) is 2.94. The van der Waals surface area contributed by atoms with Gasteiger partial charge in [0.25, 0.3) is 0 Å². The topological polar surface area (TPSA) is 74.3 Å². The molecule has 0 fully saturated rings. The van der Waals surface area contributed by atoms with Crippen molar-refractivity contribution in [1.29, 1.82) is 0 Å². The molecule has 6 nitrogen and oxygen atoms in total. The largest absolute Gasteiger partial charge is 0.497 e. The van der Waals surface area contributed by atoms with Crippen molar-refractivity contribution in [2.24, 2.45) is 0 Å². The predicted molar refractivity (Wildman–Crippen MR) is 84.5 cm³/mol. The molecule has 0 atom stereocenters. The van der Waals surface area contributed by atoms with E-state index < -0.39 is 0 Å². The Kier molecular flexibility index (Phi) is 4.57. The molecule has 6 heteroatoms. The molecule has 2 rings (SSSR count). The van der Waals surface area contributed by atoms with Crippen LogP contribution in [0, 0.1) is 6.92 Å². The highest BCUT2D eigenvalue weighted by Crippen LogP contribution is 2.31. The maximum absolute atomic E-state index is 6.11. The summed E-state index contributed by atoms with van der Waals surface area (Å²) in [5, 5.41) is 7.76. The highest BCUT2D eigenvalue weighted by atomic mass is 16.5. The van der Waals surface area contributed by atoms with E-state index in [1.54, 1.807) is 14.2 Å². The number of hydrogen-bond donors (Lipinski definition) is 2. The van der Waals surface area contributed by atoms with Gasteiger partial charge in [-0.15, -0.1) is 0 Å². The first-order chi connectivity index (χ1) is 10.1. The van der Waals surface area contributed by atoms with Gasteiger partial charge in [-0.2, -0.15) is 5.10 Å². The number of hydrogen-bond acceptors (Lipinski definition) is 5. The molecule has 0 amide bonds. The number of aromatic nitrogens is 2. The molecule has 0 aliphatic heterocycles. The van der Waals surface area contributed by atoms with E-state index in [0.717, 1.165) is 30.2 Å². The lowest BCUT2D eigenvalue weighted by molar-refractivity contribution is 0.395. The number of methoxy groups -OCH3 is 2. The maximum Gasteiger partial charge on any atom is 0.152 e. The molecular formula is C15H22N4O2. The molecule has 0 radical (unpaired) electrons. The van der Waals surface area contributed by atoms with Crippen molar-refractivity contribution in [2.75, 3.05) is 25.3 Å². The van der Waals surface area contributed by atoms with Crippen LogP contribution in [-0.4, -0.2) is 24.0 Å². The fourth-order valence-electron chi connectivity index (χ4n) is 2.12. The van der Waals surface area contributed by atoms with Crippen LogP contribution in [0.2, 0.25) is 0 Å². The van der Waals surface area contributed by atoms with Crippen molar-refractivity contribution in [1.82, 2.24) is 9.78 Å². The second-order valence-electron chi connectivity index (χ2n) is 4.80. The molecule has 1 aromatic heterocycles. The lowest BCUT2D eigenvalue weighted by Gasteiger charge is -2.12. The van der Waals surface area contributed by atoms with Gasteiger partial charge in [0.05, 0.1) is 25.6 Å². The molecule has 0 aliphatic carbocycles. The molecule has 3 N–H and O–H groups in total. The van der Waals surface area contributed by atoms with Crippen LogP contribution in [0.3, 0.4) is 0 Å². The van der Waals surface area contributed by atoms with Gasteiger partial charge in [0.15, 0.2) is 5.82 Å². The summed E-state index contributed by atoms with van der Waals surface area (Å²) in [4.78, 5) is 0. The molecule has 0 saturated carbocycles. The Morgan fingerprint density at radius 2 is 1.81 bits per heavy atom. The zero-order valence-corrected chi connectivity index (χ0v) is 12.9. The average molecular weight is 290 g/mol. The van der Waals surface area contributed by atoms with Crippen molar-refractivity contribution in [2.45, 2.75) is 26.8 Å². The third-order valence-corrected chi connectivity index (χ3v) is 3.22. The van der Waals surface area contributed by atoms with Gasteiger partial charge in [-0.05, 0) is 13.3 Å². The standard InChI is InChI=1S/C15H22N4O2/c1-5-6-19-15(14(16)10(2)18-19)17-11-7-12(20-3)9-13(8-11)21-4/h7-9,17H,5-6,16H2,1-4H3. The minimum Gasteiger partial charge on any atom is -0.497 e. The Balaban J connectivity index is 2.37. The smallest absolute Gasteiger partial charge is 0.152 e. The van der Waals surface area contributed by atoms with Crippen LogP contribution in [-0.2, 0) is 6.54 Å². The van der Waals surface area contributed by atoms with Crippen LogP contribution >= 0.6 is 0 Å². The highest BCUT2D eigenvalue weighted by molar-refractivity contribution is 5.72. The Morgan fingerprint density at radius 3 is 2.33 bits per heavy atom. The molecule has 21 heavy (non-hydrogen) atoms. The molecule has 114 valence electrons. The quantitative estimate of drug-likeness (QED) is 0.855. The van der Waals surface area contributed by atoms with Crippen LogP contribution in [0.5, 0.6) is 11.5 Å². The van der Waals surface area contributed by atoms with E-state index >= 15 is 0 Å². The summed E-state index contributed by atoms with van der Waals surface area (Å²) in [6, 6.07) is 5.60. The number of nitrogen functional groups attached to an aromatic ring is 1. The number of anilines is 3. The van der Waals surface area contributed by atoms with E-state index in [0.29, 0.717) is 17.2 Å². The third-order valence-electron chi connectivity index (χ3n) is 3.22. The first-order valence-electron chi connectivity index (χ1n) is 6.92. The average Bonchev–Trinajstić information content (AvgIpc) is 2.75. The molecule has 1 heterocycles. The van der Waals surface area contributed by atoms with Gasteiger partial charge in [-0.25, -0.2) is 4.68 Å². The number of nitrogens with two attached hydrogens (primary N) is 1. The van der Waals surface area contributed by atoms with Crippen LogP contribution in [0.1, 0.15) is 19.0 Å². The summed E-state index contributed by atoms with van der Waals surface area (Å²) in [7, 11) is 3.25. The number of benzene rings is 1.